The Bertz CT molecular complexity index is 1210. The Morgan fingerprint density at radius 3 is 2.33 bits per heavy atom. The van der Waals surface area contributed by atoms with E-state index in [1.807, 2.05) is 60.0 Å². The van der Waals surface area contributed by atoms with Crippen molar-refractivity contribution in [1.82, 2.24) is 19.6 Å². The number of benzene rings is 2. The van der Waals surface area contributed by atoms with E-state index in [4.69, 9.17) is 38.3 Å². The van der Waals surface area contributed by atoms with E-state index >= 15 is 0 Å². The van der Waals surface area contributed by atoms with E-state index in [0.717, 1.165) is 65.7 Å². The van der Waals surface area contributed by atoms with Crippen molar-refractivity contribution in [1.29, 1.82) is 0 Å². The molecule has 2 aromatic heterocycles. The molecule has 0 unspecified atom stereocenters. The number of aryl methyl sites for hydroxylation is 1. The standard InChI is InChI=1S/C23H21Cl2N5/c1-15-26-22-20(16-9-11-17(24)12-10-16)21(18-7-3-4-8-19(18)25)28-30(22)23(27-15)29-13-5-2-6-14-29/h3-4,7-12H,2,5-6,13-14H2,1H3. The number of fused-ring (bicyclic) bond motifs is 1. The highest BCUT2D eigenvalue weighted by Gasteiger charge is 2.24. The lowest BCUT2D eigenvalue weighted by Crippen LogP contribution is -2.32. The van der Waals surface area contributed by atoms with E-state index < -0.39 is 0 Å². The number of anilines is 1. The summed E-state index contributed by atoms with van der Waals surface area (Å²) in [6.07, 6.45) is 3.57. The van der Waals surface area contributed by atoms with E-state index in [9.17, 15) is 0 Å². The summed E-state index contributed by atoms with van der Waals surface area (Å²) in [7, 11) is 0. The fourth-order valence-corrected chi connectivity index (χ4v) is 4.40. The van der Waals surface area contributed by atoms with E-state index in [1.165, 1.54) is 6.42 Å². The van der Waals surface area contributed by atoms with Gasteiger partial charge in [0.15, 0.2) is 5.65 Å². The van der Waals surface area contributed by atoms with Gasteiger partial charge in [-0.1, -0.05) is 53.5 Å². The van der Waals surface area contributed by atoms with Gasteiger partial charge in [0.2, 0.25) is 5.95 Å². The monoisotopic (exact) mass is 437 g/mol. The maximum Gasteiger partial charge on any atom is 0.230 e. The molecule has 0 N–H and O–H groups in total. The van der Waals surface area contributed by atoms with Crippen LogP contribution in [0.2, 0.25) is 10.0 Å². The Morgan fingerprint density at radius 2 is 1.60 bits per heavy atom. The summed E-state index contributed by atoms with van der Waals surface area (Å²) in [6, 6.07) is 15.5. The lowest BCUT2D eigenvalue weighted by Gasteiger charge is -2.27. The van der Waals surface area contributed by atoms with Gasteiger partial charge in [-0.2, -0.15) is 14.6 Å². The molecule has 0 bridgehead atoms. The SMILES string of the molecule is Cc1nc(N2CCCCC2)n2nc(-c3ccccc3Cl)c(-c3ccc(Cl)cc3)c2n1. The van der Waals surface area contributed by atoms with Crippen LogP contribution in [0.25, 0.3) is 28.0 Å². The highest BCUT2D eigenvalue weighted by molar-refractivity contribution is 6.33. The number of halogens is 2. The summed E-state index contributed by atoms with van der Waals surface area (Å²) in [6.45, 7) is 3.88. The first-order valence-electron chi connectivity index (χ1n) is 10.1. The molecule has 5 nitrogen and oxygen atoms in total. The van der Waals surface area contributed by atoms with Crippen LogP contribution in [0.1, 0.15) is 25.1 Å². The third-order valence-electron chi connectivity index (χ3n) is 5.48. The zero-order valence-corrected chi connectivity index (χ0v) is 18.2. The van der Waals surface area contributed by atoms with Crippen LogP contribution in [-0.2, 0) is 0 Å². The Morgan fingerprint density at radius 1 is 0.867 bits per heavy atom. The van der Waals surface area contributed by atoms with Crippen LogP contribution in [0.4, 0.5) is 5.95 Å². The van der Waals surface area contributed by atoms with Crippen molar-refractivity contribution in [3.05, 3.63) is 64.4 Å². The maximum absolute atomic E-state index is 6.57. The molecule has 0 saturated carbocycles. The van der Waals surface area contributed by atoms with Crippen molar-refractivity contribution < 1.29 is 0 Å². The summed E-state index contributed by atoms with van der Waals surface area (Å²) in [5.41, 5.74) is 4.37. The van der Waals surface area contributed by atoms with Crippen molar-refractivity contribution in [2.45, 2.75) is 26.2 Å². The first-order valence-corrected chi connectivity index (χ1v) is 10.9. The summed E-state index contributed by atoms with van der Waals surface area (Å²) in [4.78, 5) is 11.9. The highest BCUT2D eigenvalue weighted by Crippen LogP contribution is 2.39. The summed E-state index contributed by atoms with van der Waals surface area (Å²) in [5, 5.41) is 6.33. The van der Waals surface area contributed by atoms with Gasteiger partial charge in [0, 0.05) is 23.7 Å². The fourth-order valence-electron chi connectivity index (χ4n) is 4.04. The predicted octanol–water partition coefficient (Wildman–Crippen LogP) is 6.06. The number of nitrogens with zero attached hydrogens (tertiary/aromatic N) is 5. The lowest BCUT2D eigenvalue weighted by atomic mass is 10.0. The Labute approximate surface area is 185 Å². The number of piperidine rings is 1. The van der Waals surface area contributed by atoms with Crippen molar-refractivity contribution in [3.63, 3.8) is 0 Å². The molecule has 1 aliphatic heterocycles. The second-order valence-electron chi connectivity index (χ2n) is 7.56. The molecular formula is C23H21Cl2N5. The minimum absolute atomic E-state index is 0.653. The predicted molar refractivity (Wildman–Crippen MR) is 122 cm³/mol. The van der Waals surface area contributed by atoms with Gasteiger partial charge in [-0.15, -0.1) is 0 Å². The van der Waals surface area contributed by atoms with Gasteiger partial charge in [0.05, 0.1) is 10.6 Å². The normalized spacial score (nSPS) is 14.4. The average Bonchev–Trinajstić information content (AvgIpc) is 3.13. The molecular weight excluding hydrogens is 417 g/mol. The summed E-state index contributed by atoms with van der Waals surface area (Å²) < 4.78 is 1.88. The first kappa shape index (κ1) is 19.3. The molecule has 5 rings (SSSR count). The summed E-state index contributed by atoms with van der Waals surface area (Å²) >= 11 is 12.7. The molecule has 1 saturated heterocycles. The molecule has 4 aromatic rings. The van der Waals surface area contributed by atoms with Gasteiger partial charge >= 0.3 is 0 Å². The molecule has 1 aliphatic rings. The van der Waals surface area contributed by atoms with Gasteiger partial charge in [-0.25, -0.2) is 4.98 Å². The van der Waals surface area contributed by atoms with Crippen LogP contribution in [0.5, 0.6) is 0 Å². The van der Waals surface area contributed by atoms with Crippen LogP contribution in [0.3, 0.4) is 0 Å². The molecule has 7 heteroatoms. The van der Waals surface area contributed by atoms with E-state index in [0.29, 0.717) is 10.0 Å². The van der Waals surface area contributed by atoms with Crippen LogP contribution in [0.15, 0.2) is 48.5 Å². The van der Waals surface area contributed by atoms with Crippen molar-refractivity contribution in [2.24, 2.45) is 0 Å². The molecule has 3 heterocycles. The quantitative estimate of drug-likeness (QED) is 0.390. The smallest absolute Gasteiger partial charge is 0.230 e. The summed E-state index contributed by atoms with van der Waals surface area (Å²) in [5.74, 6) is 1.56. The maximum atomic E-state index is 6.57. The molecule has 0 amide bonds. The fraction of sp³-hybridized carbons (Fsp3) is 0.261. The minimum Gasteiger partial charge on any atom is -0.341 e. The molecule has 30 heavy (non-hydrogen) atoms. The average molecular weight is 438 g/mol. The second kappa shape index (κ2) is 7.89. The van der Waals surface area contributed by atoms with Gasteiger partial charge in [-0.05, 0) is 49.9 Å². The second-order valence-corrected chi connectivity index (χ2v) is 8.41. The molecule has 1 fully saturated rings. The van der Waals surface area contributed by atoms with Gasteiger partial charge in [0.25, 0.3) is 0 Å². The zero-order chi connectivity index (χ0) is 20.7. The molecule has 2 aromatic carbocycles. The van der Waals surface area contributed by atoms with Crippen molar-refractivity contribution >= 4 is 34.8 Å². The molecule has 0 atom stereocenters. The third-order valence-corrected chi connectivity index (χ3v) is 6.06. The first-order chi connectivity index (χ1) is 14.6. The van der Waals surface area contributed by atoms with Crippen molar-refractivity contribution in [2.75, 3.05) is 18.0 Å². The molecule has 0 radical (unpaired) electrons. The zero-order valence-electron chi connectivity index (χ0n) is 16.6. The number of aromatic nitrogens is 4. The number of hydrogen-bond donors (Lipinski definition) is 0. The Kier molecular flexibility index (Phi) is 5.09. The molecule has 0 aliphatic carbocycles. The van der Waals surface area contributed by atoms with Crippen LogP contribution in [0, 0.1) is 6.92 Å². The van der Waals surface area contributed by atoms with E-state index in [1.54, 1.807) is 0 Å². The Balaban J connectivity index is 1.82. The molecule has 152 valence electrons. The Hall–Kier alpha value is -2.63. The topological polar surface area (TPSA) is 46.3 Å². The lowest BCUT2D eigenvalue weighted by molar-refractivity contribution is 0.560. The number of rotatable bonds is 3. The van der Waals surface area contributed by atoms with Gasteiger partial charge in [0.1, 0.15) is 11.5 Å². The van der Waals surface area contributed by atoms with E-state index in [2.05, 4.69) is 4.90 Å². The van der Waals surface area contributed by atoms with Crippen LogP contribution < -0.4 is 4.90 Å². The number of hydrogen-bond acceptors (Lipinski definition) is 4. The largest absolute Gasteiger partial charge is 0.341 e. The molecule has 0 spiro atoms. The van der Waals surface area contributed by atoms with Crippen LogP contribution >= 0.6 is 23.2 Å². The highest BCUT2D eigenvalue weighted by atomic mass is 35.5. The van der Waals surface area contributed by atoms with E-state index in [-0.39, 0.29) is 0 Å². The van der Waals surface area contributed by atoms with Gasteiger partial charge in [-0.3, -0.25) is 0 Å². The van der Waals surface area contributed by atoms with Crippen molar-refractivity contribution in [3.8, 4) is 22.4 Å². The van der Waals surface area contributed by atoms with Crippen LogP contribution in [-0.4, -0.2) is 32.7 Å². The third kappa shape index (κ3) is 3.42. The minimum atomic E-state index is 0.653. The van der Waals surface area contributed by atoms with Gasteiger partial charge < -0.3 is 4.90 Å².